The van der Waals surface area contributed by atoms with E-state index >= 15 is 0 Å². The highest BCUT2D eigenvalue weighted by Crippen LogP contribution is 2.47. The topological polar surface area (TPSA) is 77.1 Å². The molecule has 7 nitrogen and oxygen atoms in total. The van der Waals surface area contributed by atoms with Crippen molar-refractivity contribution in [3.63, 3.8) is 0 Å². The lowest BCUT2D eigenvalue weighted by atomic mass is 9.79. The van der Waals surface area contributed by atoms with Crippen LogP contribution in [0.3, 0.4) is 0 Å². The number of nitrogens with one attached hydrogen (secondary N) is 1. The van der Waals surface area contributed by atoms with Crippen molar-refractivity contribution < 1.29 is 23.8 Å². The normalized spacial score (nSPS) is 16.5. The Morgan fingerprint density at radius 1 is 0.921 bits per heavy atom. The quantitative estimate of drug-likeness (QED) is 0.357. The van der Waals surface area contributed by atoms with Crippen LogP contribution in [-0.2, 0) is 11.2 Å². The fourth-order valence-electron chi connectivity index (χ4n) is 5.26. The van der Waals surface area contributed by atoms with E-state index in [0.29, 0.717) is 35.9 Å². The van der Waals surface area contributed by atoms with Crippen LogP contribution in [-0.4, -0.2) is 51.1 Å². The van der Waals surface area contributed by atoms with Crippen molar-refractivity contribution in [1.29, 1.82) is 0 Å². The number of rotatable bonds is 11. The lowest BCUT2D eigenvalue weighted by molar-refractivity contribution is -0.124. The molecule has 7 heteroatoms. The molecule has 1 aliphatic heterocycles. The molecular weight excluding hydrogens is 480 g/mol. The highest BCUT2D eigenvalue weighted by Gasteiger charge is 2.44. The highest BCUT2D eigenvalue weighted by atomic mass is 16.5. The maximum Gasteiger partial charge on any atom is 0.254 e. The summed E-state index contributed by atoms with van der Waals surface area (Å²) in [6, 6.07) is 20.8. The van der Waals surface area contributed by atoms with Gasteiger partial charge in [-0.3, -0.25) is 9.59 Å². The lowest BCUT2D eigenvalue weighted by Crippen LogP contribution is -2.47. The molecule has 0 saturated carbocycles. The number of methoxy groups -OCH3 is 3. The number of carbonyl (C=O) groups is 2. The smallest absolute Gasteiger partial charge is 0.254 e. The number of hydrogen-bond acceptors (Lipinski definition) is 5. The summed E-state index contributed by atoms with van der Waals surface area (Å²) in [5, 5.41) is 3.16. The van der Waals surface area contributed by atoms with Crippen molar-refractivity contribution >= 4 is 11.8 Å². The Bertz CT molecular complexity index is 1240. The standard InChI is InChI=1S/C31H36N2O5/c1-5-18-33-28(22-19-25(36-2)29(38-4)26(20-22)37-3)27(23-15-9-10-16-24(23)31(33)35)30(34)32-17-11-14-21-12-7-6-8-13-21/h6-10,12-13,15-16,19-20,27-28H,5,11,14,17-18H2,1-4H3,(H,32,34)/t27-,28+/m1/s1. The van der Waals surface area contributed by atoms with E-state index in [2.05, 4.69) is 17.4 Å². The van der Waals surface area contributed by atoms with E-state index in [1.165, 1.54) is 5.56 Å². The maximum absolute atomic E-state index is 13.9. The molecule has 1 heterocycles. The second kappa shape index (κ2) is 12.5. The third kappa shape index (κ3) is 5.47. The van der Waals surface area contributed by atoms with Gasteiger partial charge in [-0.2, -0.15) is 0 Å². The summed E-state index contributed by atoms with van der Waals surface area (Å²) in [4.78, 5) is 29.4. The average Bonchev–Trinajstić information content (AvgIpc) is 2.96. The van der Waals surface area contributed by atoms with Gasteiger partial charge >= 0.3 is 0 Å². The van der Waals surface area contributed by atoms with Gasteiger partial charge in [-0.15, -0.1) is 0 Å². The molecule has 0 bridgehead atoms. The summed E-state index contributed by atoms with van der Waals surface area (Å²) in [5.74, 6) is 0.616. The predicted molar refractivity (Wildman–Crippen MR) is 147 cm³/mol. The van der Waals surface area contributed by atoms with Gasteiger partial charge in [-0.05, 0) is 54.2 Å². The molecule has 0 aliphatic carbocycles. The van der Waals surface area contributed by atoms with Crippen LogP contribution in [0.5, 0.6) is 17.2 Å². The van der Waals surface area contributed by atoms with Gasteiger partial charge < -0.3 is 24.4 Å². The molecule has 1 N–H and O–H groups in total. The SMILES string of the molecule is CCCN1C(=O)c2ccccc2[C@@H](C(=O)NCCCc2ccccc2)[C@@H]1c1cc(OC)c(OC)c(OC)c1. The van der Waals surface area contributed by atoms with Gasteiger partial charge in [0.25, 0.3) is 5.91 Å². The van der Waals surface area contributed by atoms with Crippen molar-refractivity contribution in [2.75, 3.05) is 34.4 Å². The minimum atomic E-state index is -0.602. The van der Waals surface area contributed by atoms with E-state index in [4.69, 9.17) is 14.2 Å². The monoisotopic (exact) mass is 516 g/mol. The minimum Gasteiger partial charge on any atom is -0.493 e. The van der Waals surface area contributed by atoms with Gasteiger partial charge in [0.05, 0.1) is 33.3 Å². The summed E-state index contributed by atoms with van der Waals surface area (Å²) in [6.45, 7) is 3.07. The molecule has 0 radical (unpaired) electrons. The zero-order valence-electron chi connectivity index (χ0n) is 22.5. The van der Waals surface area contributed by atoms with Crippen LogP contribution < -0.4 is 19.5 Å². The third-order valence-electron chi connectivity index (χ3n) is 7.00. The lowest BCUT2D eigenvalue weighted by Gasteiger charge is -2.42. The van der Waals surface area contributed by atoms with Crippen LogP contribution in [0.4, 0.5) is 0 Å². The number of nitrogens with zero attached hydrogens (tertiary/aromatic N) is 1. The molecule has 0 saturated heterocycles. The van der Waals surface area contributed by atoms with Gasteiger partial charge in [0.15, 0.2) is 11.5 Å². The number of hydrogen-bond donors (Lipinski definition) is 1. The van der Waals surface area contributed by atoms with E-state index in [9.17, 15) is 9.59 Å². The number of fused-ring (bicyclic) bond motifs is 1. The van der Waals surface area contributed by atoms with Crippen LogP contribution in [0.15, 0.2) is 66.7 Å². The van der Waals surface area contributed by atoms with Crippen molar-refractivity contribution in [3.8, 4) is 17.2 Å². The van der Waals surface area contributed by atoms with Crippen LogP contribution >= 0.6 is 0 Å². The Hall–Kier alpha value is -4.00. The number of aryl methyl sites for hydroxylation is 1. The van der Waals surface area contributed by atoms with E-state index in [-0.39, 0.29) is 11.8 Å². The number of ether oxygens (including phenoxy) is 3. The summed E-state index contributed by atoms with van der Waals surface area (Å²) in [6.07, 6.45) is 2.44. The Kier molecular flexibility index (Phi) is 8.89. The number of amides is 2. The molecule has 3 aromatic rings. The summed E-state index contributed by atoms with van der Waals surface area (Å²) in [7, 11) is 4.67. The van der Waals surface area contributed by atoms with E-state index in [0.717, 1.165) is 30.4 Å². The van der Waals surface area contributed by atoms with E-state index in [1.54, 1.807) is 32.3 Å². The zero-order valence-corrected chi connectivity index (χ0v) is 22.5. The van der Waals surface area contributed by atoms with Gasteiger partial charge in [-0.1, -0.05) is 55.5 Å². The zero-order chi connectivity index (χ0) is 27.1. The van der Waals surface area contributed by atoms with Crippen molar-refractivity contribution in [1.82, 2.24) is 10.2 Å². The minimum absolute atomic E-state index is 0.0886. The molecule has 0 aromatic heterocycles. The Morgan fingerprint density at radius 2 is 1.58 bits per heavy atom. The summed E-state index contributed by atoms with van der Waals surface area (Å²) in [5.41, 5.74) is 3.28. The molecule has 38 heavy (non-hydrogen) atoms. The molecule has 0 unspecified atom stereocenters. The molecule has 0 spiro atoms. The fraction of sp³-hybridized carbons (Fsp3) is 0.355. The van der Waals surface area contributed by atoms with Gasteiger partial charge in [-0.25, -0.2) is 0 Å². The first-order chi connectivity index (χ1) is 18.5. The molecular formula is C31H36N2O5. The first-order valence-corrected chi connectivity index (χ1v) is 13.0. The van der Waals surface area contributed by atoms with Crippen LogP contribution in [0.2, 0.25) is 0 Å². The van der Waals surface area contributed by atoms with Gasteiger partial charge in [0.2, 0.25) is 11.7 Å². The van der Waals surface area contributed by atoms with Crippen molar-refractivity contribution in [2.45, 2.75) is 38.1 Å². The Labute approximate surface area is 224 Å². The number of benzene rings is 3. The van der Waals surface area contributed by atoms with Crippen LogP contribution in [0.25, 0.3) is 0 Å². The fourth-order valence-corrected chi connectivity index (χ4v) is 5.26. The van der Waals surface area contributed by atoms with Crippen LogP contribution in [0, 0.1) is 0 Å². The highest BCUT2D eigenvalue weighted by molar-refractivity contribution is 6.01. The van der Waals surface area contributed by atoms with Gasteiger partial charge in [0, 0.05) is 18.7 Å². The van der Waals surface area contributed by atoms with E-state index < -0.39 is 12.0 Å². The third-order valence-corrected chi connectivity index (χ3v) is 7.00. The first-order valence-electron chi connectivity index (χ1n) is 13.0. The molecule has 2 amide bonds. The molecule has 2 atom stereocenters. The van der Waals surface area contributed by atoms with Crippen molar-refractivity contribution in [2.24, 2.45) is 0 Å². The van der Waals surface area contributed by atoms with Gasteiger partial charge in [0.1, 0.15) is 0 Å². The Morgan fingerprint density at radius 3 is 2.21 bits per heavy atom. The largest absolute Gasteiger partial charge is 0.493 e. The second-order valence-electron chi connectivity index (χ2n) is 9.35. The molecule has 4 rings (SSSR count). The molecule has 200 valence electrons. The summed E-state index contributed by atoms with van der Waals surface area (Å²) < 4.78 is 16.7. The molecule has 3 aromatic carbocycles. The summed E-state index contributed by atoms with van der Waals surface area (Å²) >= 11 is 0. The number of carbonyl (C=O) groups excluding carboxylic acids is 2. The van der Waals surface area contributed by atoms with Crippen LogP contribution in [0.1, 0.15) is 58.8 Å². The molecule has 0 fully saturated rings. The molecule has 1 aliphatic rings. The van der Waals surface area contributed by atoms with Crippen molar-refractivity contribution in [3.05, 3.63) is 89.0 Å². The predicted octanol–water partition coefficient (Wildman–Crippen LogP) is 5.15. The second-order valence-corrected chi connectivity index (χ2v) is 9.35. The average molecular weight is 517 g/mol. The Balaban J connectivity index is 1.73. The maximum atomic E-state index is 13.9. The van der Waals surface area contributed by atoms with E-state index in [1.807, 2.05) is 55.5 Å². The first kappa shape index (κ1) is 27.0.